The van der Waals surface area contributed by atoms with Crippen LogP contribution in [0.2, 0.25) is 0 Å². The summed E-state index contributed by atoms with van der Waals surface area (Å²) in [5.41, 5.74) is 4.18. The highest BCUT2D eigenvalue weighted by atomic mass is 35.5. The van der Waals surface area contributed by atoms with E-state index in [0.717, 1.165) is 47.8 Å². The molecule has 3 N–H and O–H groups in total. The predicted octanol–water partition coefficient (Wildman–Crippen LogP) is 3.24. The molecule has 1 saturated heterocycles. The Labute approximate surface area is 192 Å². The average Bonchev–Trinajstić information content (AvgIpc) is 3.34. The lowest BCUT2D eigenvalue weighted by molar-refractivity contribution is 0.0941. The van der Waals surface area contributed by atoms with Crippen molar-refractivity contribution in [1.29, 1.82) is 0 Å². The van der Waals surface area contributed by atoms with Crippen LogP contribution in [0.1, 0.15) is 35.3 Å². The first kappa shape index (κ1) is 22.4. The molecule has 8 nitrogen and oxygen atoms in total. The Morgan fingerprint density at radius 3 is 2.81 bits per heavy atom. The second kappa shape index (κ2) is 9.34. The van der Waals surface area contributed by atoms with Crippen molar-refractivity contribution in [3.63, 3.8) is 0 Å². The van der Waals surface area contributed by atoms with Crippen LogP contribution in [0.25, 0.3) is 22.3 Å². The molecule has 3 heterocycles. The van der Waals surface area contributed by atoms with Gasteiger partial charge in [0.15, 0.2) is 0 Å². The highest BCUT2D eigenvalue weighted by Gasteiger charge is 2.26. The fourth-order valence-electron chi connectivity index (χ4n) is 4.08. The Morgan fingerprint density at radius 2 is 2.09 bits per heavy atom. The van der Waals surface area contributed by atoms with Gasteiger partial charge >= 0.3 is 0 Å². The van der Waals surface area contributed by atoms with Crippen LogP contribution >= 0.6 is 12.4 Å². The first-order chi connectivity index (χ1) is 15.1. The fraction of sp³-hybridized carbons (Fsp3) is 0.435. The summed E-state index contributed by atoms with van der Waals surface area (Å²) in [5, 5.41) is 6.39. The second-order valence-electron chi connectivity index (χ2n) is 8.35. The fourth-order valence-corrected chi connectivity index (χ4v) is 4.08. The molecule has 1 aromatic carbocycles. The van der Waals surface area contributed by atoms with Crippen molar-refractivity contribution in [2.24, 2.45) is 5.92 Å². The van der Waals surface area contributed by atoms with E-state index in [4.69, 9.17) is 9.47 Å². The van der Waals surface area contributed by atoms with Crippen LogP contribution in [-0.2, 0) is 0 Å². The number of aryl methyl sites for hydroxylation is 1. The monoisotopic (exact) mass is 457 g/mol. The second-order valence-corrected chi connectivity index (χ2v) is 8.35. The Morgan fingerprint density at radius 1 is 1.25 bits per heavy atom. The van der Waals surface area contributed by atoms with Crippen molar-refractivity contribution in [3.05, 3.63) is 35.8 Å². The third kappa shape index (κ3) is 4.38. The van der Waals surface area contributed by atoms with Gasteiger partial charge in [-0.1, -0.05) is 0 Å². The predicted molar refractivity (Wildman–Crippen MR) is 125 cm³/mol. The smallest absolute Gasteiger partial charge is 0.255 e. The molecule has 2 fully saturated rings. The van der Waals surface area contributed by atoms with Crippen molar-refractivity contribution in [2.75, 3.05) is 26.8 Å². The Bertz CT molecular complexity index is 1120. The minimum atomic E-state index is -0.113. The number of fused-ring (bicyclic) bond motifs is 1. The van der Waals surface area contributed by atoms with E-state index in [0.29, 0.717) is 29.3 Å². The summed E-state index contributed by atoms with van der Waals surface area (Å²) < 4.78 is 11.6. The summed E-state index contributed by atoms with van der Waals surface area (Å²) in [7, 11) is 1.64. The zero-order valence-electron chi connectivity index (χ0n) is 18.2. The minimum absolute atomic E-state index is 0. The number of carbonyl (C=O) groups excluding carboxylic acids is 1. The molecule has 1 aliphatic carbocycles. The minimum Gasteiger partial charge on any atom is -0.497 e. The Kier molecular flexibility index (Phi) is 6.53. The van der Waals surface area contributed by atoms with Crippen LogP contribution in [0.3, 0.4) is 0 Å². The summed E-state index contributed by atoms with van der Waals surface area (Å²) in [4.78, 5) is 25.4. The number of amides is 1. The number of rotatable bonds is 7. The third-order valence-corrected chi connectivity index (χ3v) is 6.01. The van der Waals surface area contributed by atoms with Crippen molar-refractivity contribution in [3.8, 4) is 22.8 Å². The number of nitrogens with zero attached hydrogens (tertiary/aromatic N) is 2. The number of carbonyl (C=O) groups is 1. The molecule has 2 aromatic heterocycles. The number of ether oxygens (including phenoxy) is 2. The molecule has 1 amide bonds. The number of H-pyrrole nitrogens is 1. The van der Waals surface area contributed by atoms with E-state index in [1.165, 1.54) is 19.2 Å². The maximum absolute atomic E-state index is 13.0. The molecule has 2 aliphatic rings. The zero-order chi connectivity index (χ0) is 21.4. The largest absolute Gasteiger partial charge is 0.497 e. The van der Waals surface area contributed by atoms with Gasteiger partial charge in [-0.3, -0.25) is 4.79 Å². The Balaban J connectivity index is 0.00000245. The van der Waals surface area contributed by atoms with Crippen LogP contribution in [0, 0.1) is 12.8 Å². The lowest BCUT2D eigenvalue weighted by Crippen LogP contribution is -2.36. The summed E-state index contributed by atoms with van der Waals surface area (Å²) >= 11 is 0. The van der Waals surface area contributed by atoms with Crippen LogP contribution in [0.5, 0.6) is 11.5 Å². The molecule has 1 atom stereocenters. The third-order valence-electron chi connectivity index (χ3n) is 6.01. The molecule has 32 heavy (non-hydrogen) atoms. The number of hydrogen-bond acceptors (Lipinski definition) is 6. The molecule has 0 radical (unpaired) electrons. The SMILES string of the molecule is COc1ccc(OCC2CC2)c(-c2ncnc3c(C(=O)N[C@@H]4CCNC4)c(C)[nH]c23)c1.Cl. The van der Waals surface area contributed by atoms with E-state index in [-0.39, 0.29) is 24.4 Å². The van der Waals surface area contributed by atoms with Crippen molar-refractivity contribution in [1.82, 2.24) is 25.6 Å². The van der Waals surface area contributed by atoms with E-state index in [1.54, 1.807) is 7.11 Å². The summed E-state index contributed by atoms with van der Waals surface area (Å²) in [6.45, 7) is 4.30. The van der Waals surface area contributed by atoms with Crippen molar-refractivity contribution >= 4 is 29.3 Å². The molecular weight excluding hydrogens is 430 g/mol. The van der Waals surface area contributed by atoms with Gasteiger partial charge in [-0.05, 0) is 56.8 Å². The normalized spacial score (nSPS) is 17.8. The number of hydrogen-bond donors (Lipinski definition) is 3. The highest BCUT2D eigenvalue weighted by molar-refractivity contribution is 6.09. The maximum atomic E-state index is 13.0. The van der Waals surface area contributed by atoms with Gasteiger partial charge in [0.2, 0.25) is 0 Å². The zero-order valence-corrected chi connectivity index (χ0v) is 19.1. The first-order valence-corrected chi connectivity index (χ1v) is 10.8. The van der Waals surface area contributed by atoms with Gasteiger partial charge in [-0.25, -0.2) is 9.97 Å². The summed E-state index contributed by atoms with van der Waals surface area (Å²) in [5.74, 6) is 1.99. The van der Waals surface area contributed by atoms with E-state index < -0.39 is 0 Å². The number of benzene rings is 1. The molecule has 1 saturated carbocycles. The number of aromatic amines is 1. The molecule has 3 aromatic rings. The lowest BCUT2D eigenvalue weighted by Gasteiger charge is -2.13. The lowest BCUT2D eigenvalue weighted by atomic mass is 10.1. The highest BCUT2D eigenvalue weighted by Crippen LogP contribution is 2.38. The van der Waals surface area contributed by atoms with Crippen molar-refractivity contribution < 1.29 is 14.3 Å². The number of halogens is 1. The van der Waals surface area contributed by atoms with Gasteiger partial charge in [-0.2, -0.15) is 0 Å². The molecule has 9 heteroatoms. The van der Waals surface area contributed by atoms with Crippen LogP contribution in [0.15, 0.2) is 24.5 Å². The number of methoxy groups -OCH3 is 1. The molecule has 170 valence electrons. The van der Waals surface area contributed by atoms with Crippen molar-refractivity contribution in [2.45, 2.75) is 32.2 Å². The number of aromatic nitrogens is 3. The van der Waals surface area contributed by atoms with Gasteiger partial charge in [0, 0.05) is 23.8 Å². The Hall–Kier alpha value is -2.84. The molecule has 0 bridgehead atoms. The molecule has 5 rings (SSSR count). The van der Waals surface area contributed by atoms with Gasteiger partial charge < -0.3 is 25.1 Å². The van der Waals surface area contributed by atoms with Crippen LogP contribution in [-0.4, -0.2) is 53.7 Å². The van der Waals surface area contributed by atoms with Gasteiger partial charge in [0.05, 0.1) is 24.8 Å². The van der Waals surface area contributed by atoms with Crippen LogP contribution in [0.4, 0.5) is 0 Å². The average molecular weight is 458 g/mol. The maximum Gasteiger partial charge on any atom is 0.255 e. The molecule has 0 spiro atoms. The molecular formula is C23H28ClN5O3. The van der Waals surface area contributed by atoms with E-state index in [2.05, 4.69) is 25.6 Å². The first-order valence-electron chi connectivity index (χ1n) is 10.8. The topological polar surface area (TPSA) is 101 Å². The van der Waals surface area contributed by atoms with E-state index in [1.807, 2.05) is 25.1 Å². The van der Waals surface area contributed by atoms with Gasteiger partial charge in [0.1, 0.15) is 29.0 Å². The molecule has 0 unspecified atom stereocenters. The standard InChI is InChI=1S/C23H27N5O3.ClH/c1-13-19(23(29)28-15-7-8-24-10-15)21-22(27-13)20(25-12-26-21)17-9-16(30-2)5-6-18(17)31-11-14-3-4-14;/h5-6,9,12,14-15,24,27H,3-4,7-8,10-11H2,1-2H3,(H,28,29);1H/t15-;/m1./s1. The number of nitrogens with one attached hydrogen (secondary N) is 3. The van der Waals surface area contributed by atoms with E-state index in [9.17, 15) is 4.79 Å². The van der Waals surface area contributed by atoms with Gasteiger partial charge in [-0.15, -0.1) is 12.4 Å². The van der Waals surface area contributed by atoms with Gasteiger partial charge in [0.25, 0.3) is 5.91 Å². The quantitative estimate of drug-likeness (QED) is 0.503. The van der Waals surface area contributed by atoms with Crippen LogP contribution < -0.4 is 20.1 Å². The molecule has 1 aliphatic heterocycles. The summed E-state index contributed by atoms with van der Waals surface area (Å²) in [6, 6.07) is 5.86. The summed E-state index contributed by atoms with van der Waals surface area (Å²) in [6.07, 6.45) is 4.87. The van der Waals surface area contributed by atoms with E-state index >= 15 is 0 Å².